The molecule has 0 aromatic heterocycles. The number of hydrogen-bond acceptors (Lipinski definition) is 3. The zero-order valence-corrected chi connectivity index (χ0v) is 9.14. The fourth-order valence-corrected chi connectivity index (χ4v) is 1.38. The normalized spacial score (nSPS) is 12.2. The van der Waals surface area contributed by atoms with E-state index in [4.69, 9.17) is 5.11 Å². The lowest BCUT2D eigenvalue weighted by atomic mass is 10.1. The van der Waals surface area contributed by atoms with E-state index < -0.39 is 24.3 Å². The topological polar surface area (TPSA) is 60.8 Å². The van der Waals surface area contributed by atoms with Gasteiger partial charge in [-0.1, -0.05) is 6.07 Å². The summed E-state index contributed by atoms with van der Waals surface area (Å²) >= 11 is 0. The summed E-state index contributed by atoms with van der Waals surface area (Å²) in [5.41, 5.74) is 0.664. The lowest BCUT2D eigenvalue weighted by Crippen LogP contribution is -2.12. The molecule has 16 heavy (non-hydrogen) atoms. The van der Waals surface area contributed by atoms with Crippen LogP contribution in [0, 0.1) is 5.82 Å². The minimum atomic E-state index is -1.18. The molecule has 0 aliphatic carbocycles. The summed E-state index contributed by atoms with van der Waals surface area (Å²) in [6.45, 7) is 0. The first-order chi connectivity index (χ1) is 7.41. The molecule has 2 N–H and O–H groups in total. The van der Waals surface area contributed by atoms with Gasteiger partial charge in [-0.15, -0.1) is 0 Å². The zero-order valence-electron chi connectivity index (χ0n) is 9.14. The fraction of sp³-hybridized carbons (Fsp3) is 0.364. The van der Waals surface area contributed by atoms with Crippen LogP contribution in [0.25, 0.3) is 0 Å². The lowest BCUT2D eigenvalue weighted by molar-refractivity contribution is -0.139. The average molecular weight is 227 g/mol. The Kier molecular flexibility index (Phi) is 3.84. The first-order valence-electron chi connectivity index (χ1n) is 4.78. The van der Waals surface area contributed by atoms with Gasteiger partial charge in [-0.05, 0) is 17.7 Å². The van der Waals surface area contributed by atoms with Crippen molar-refractivity contribution in [3.63, 3.8) is 0 Å². The van der Waals surface area contributed by atoms with Crippen molar-refractivity contribution in [1.82, 2.24) is 0 Å². The molecular formula is C11H14FNO3. The number of hydrogen-bond donors (Lipinski definition) is 2. The van der Waals surface area contributed by atoms with Gasteiger partial charge in [-0.2, -0.15) is 0 Å². The van der Waals surface area contributed by atoms with Crippen LogP contribution in [-0.2, 0) is 4.79 Å². The number of benzene rings is 1. The Morgan fingerprint density at radius 1 is 1.50 bits per heavy atom. The van der Waals surface area contributed by atoms with Gasteiger partial charge in [-0.3, -0.25) is 4.79 Å². The second-order valence-corrected chi connectivity index (χ2v) is 3.72. The lowest BCUT2D eigenvalue weighted by Gasteiger charge is -2.15. The summed E-state index contributed by atoms with van der Waals surface area (Å²) in [4.78, 5) is 12.0. The molecule has 1 rings (SSSR count). The highest BCUT2D eigenvalue weighted by molar-refractivity contribution is 5.67. The van der Waals surface area contributed by atoms with Gasteiger partial charge in [0.2, 0.25) is 0 Å². The fourth-order valence-electron chi connectivity index (χ4n) is 1.38. The van der Waals surface area contributed by atoms with E-state index in [0.717, 1.165) is 6.07 Å². The van der Waals surface area contributed by atoms with Crippen molar-refractivity contribution in [1.29, 1.82) is 0 Å². The number of aliphatic hydroxyl groups excluding tert-OH is 1. The molecule has 1 aromatic rings. The molecule has 0 unspecified atom stereocenters. The summed E-state index contributed by atoms with van der Waals surface area (Å²) in [7, 11) is 3.40. The van der Waals surface area contributed by atoms with Gasteiger partial charge in [0.1, 0.15) is 5.82 Å². The van der Waals surface area contributed by atoms with E-state index in [2.05, 4.69) is 0 Å². The second-order valence-electron chi connectivity index (χ2n) is 3.72. The Morgan fingerprint density at radius 3 is 2.56 bits per heavy atom. The molecule has 0 heterocycles. The molecule has 0 saturated carbocycles. The Labute approximate surface area is 92.9 Å². The third-order valence-corrected chi connectivity index (χ3v) is 2.21. The van der Waals surface area contributed by atoms with Crippen molar-refractivity contribution in [2.45, 2.75) is 12.5 Å². The second kappa shape index (κ2) is 4.94. The van der Waals surface area contributed by atoms with Crippen LogP contribution in [0.15, 0.2) is 18.2 Å². The summed E-state index contributed by atoms with van der Waals surface area (Å²) in [5.74, 6) is -1.60. The van der Waals surface area contributed by atoms with E-state index in [-0.39, 0.29) is 5.56 Å². The maximum absolute atomic E-state index is 13.5. The number of carboxylic acids is 1. The highest BCUT2D eigenvalue weighted by Crippen LogP contribution is 2.23. The Hall–Kier alpha value is -1.62. The number of rotatable bonds is 4. The van der Waals surface area contributed by atoms with E-state index in [1.165, 1.54) is 12.1 Å². The minimum Gasteiger partial charge on any atom is -0.481 e. The number of aliphatic carboxylic acids is 1. The van der Waals surface area contributed by atoms with Crippen LogP contribution < -0.4 is 4.90 Å². The molecule has 0 fully saturated rings. The molecule has 0 aliphatic heterocycles. The van der Waals surface area contributed by atoms with Crippen molar-refractivity contribution in [2.75, 3.05) is 19.0 Å². The van der Waals surface area contributed by atoms with Crippen LogP contribution in [-0.4, -0.2) is 30.3 Å². The van der Waals surface area contributed by atoms with Crippen LogP contribution in [0.2, 0.25) is 0 Å². The van der Waals surface area contributed by atoms with Crippen LogP contribution in [0.1, 0.15) is 18.1 Å². The van der Waals surface area contributed by atoms with Crippen molar-refractivity contribution in [2.24, 2.45) is 0 Å². The standard InChI is InChI=1S/C11H14FNO3/c1-13(2)9-4-3-7(5-8(9)12)10(14)6-11(15)16/h3-5,10,14H,6H2,1-2H3,(H,15,16)/t10-/m0/s1. The summed E-state index contributed by atoms with van der Waals surface area (Å²) in [5, 5.41) is 18.0. The molecule has 1 aromatic carbocycles. The molecule has 0 amide bonds. The maximum atomic E-state index is 13.5. The minimum absolute atomic E-state index is 0.269. The van der Waals surface area contributed by atoms with Gasteiger partial charge in [0, 0.05) is 14.1 Å². The van der Waals surface area contributed by atoms with Gasteiger partial charge in [-0.25, -0.2) is 4.39 Å². The highest BCUT2D eigenvalue weighted by atomic mass is 19.1. The van der Waals surface area contributed by atoms with Crippen molar-refractivity contribution in [3.8, 4) is 0 Å². The number of carbonyl (C=O) groups is 1. The van der Waals surface area contributed by atoms with Crippen molar-refractivity contribution < 1.29 is 19.4 Å². The maximum Gasteiger partial charge on any atom is 0.306 e. The van der Waals surface area contributed by atoms with Crippen LogP contribution in [0.5, 0.6) is 0 Å². The molecule has 5 heteroatoms. The molecule has 0 bridgehead atoms. The highest BCUT2D eigenvalue weighted by Gasteiger charge is 2.14. The Balaban J connectivity index is 2.92. The van der Waals surface area contributed by atoms with E-state index >= 15 is 0 Å². The van der Waals surface area contributed by atoms with Gasteiger partial charge in [0.25, 0.3) is 0 Å². The molecule has 1 atom stereocenters. The van der Waals surface area contributed by atoms with Crippen LogP contribution in [0.3, 0.4) is 0 Å². The van der Waals surface area contributed by atoms with Crippen molar-refractivity contribution in [3.05, 3.63) is 29.6 Å². The first kappa shape index (κ1) is 12.4. The van der Waals surface area contributed by atoms with E-state index in [1.54, 1.807) is 19.0 Å². The molecule has 0 aliphatic rings. The third-order valence-electron chi connectivity index (χ3n) is 2.21. The average Bonchev–Trinajstić information content (AvgIpc) is 2.15. The number of anilines is 1. The molecular weight excluding hydrogens is 213 g/mol. The number of aliphatic hydroxyl groups is 1. The van der Waals surface area contributed by atoms with E-state index in [0.29, 0.717) is 5.69 Å². The smallest absolute Gasteiger partial charge is 0.306 e. The van der Waals surface area contributed by atoms with Gasteiger partial charge >= 0.3 is 5.97 Å². The number of nitrogens with zero attached hydrogens (tertiary/aromatic N) is 1. The zero-order chi connectivity index (χ0) is 12.3. The predicted molar refractivity (Wildman–Crippen MR) is 57.9 cm³/mol. The number of carboxylic acid groups (broad SMARTS) is 1. The van der Waals surface area contributed by atoms with E-state index in [1.807, 2.05) is 0 Å². The van der Waals surface area contributed by atoms with Crippen LogP contribution >= 0.6 is 0 Å². The van der Waals surface area contributed by atoms with Gasteiger partial charge in [0.15, 0.2) is 0 Å². The summed E-state index contributed by atoms with van der Waals surface area (Å²) < 4.78 is 13.5. The molecule has 0 radical (unpaired) electrons. The summed E-state index contributed by atoms with van der Waals surface area (Å²) in [6, 6.07) is 4.19. The Morgan fingerprint density at radius 2 is 2.12 bits per heavy atom. The predicted octanol–water partition coefficient (Wildman–Crippen LogP) is 1.40. The van der Waals surface area contributed by atoms with Crippen LogP contribution in [0.4, 0.5) is 10.1 Å². The molecule has 0 spiro atoms. The molecule has 4 nitrogen and oxygen atoms in total. The monoisotopic (exact) mass is 227 g/mol. The summed E-state index contributed by atoms with van der Waals surface area (Å²) in [6.07, 6.45) is -1.61. The largest absolute Gasteiger partial charge is 0.481 e. The van der Waals surface area contributed by atoms with Gasteiger partial charge in [0.05, 0.1) is 18.2 Å². The molecule has 88 valence electrons. The molecule has 0 saturated heterocycles. The number of halogens is 1. The van der Waals surface area contributed by atoms with Gasteiger partial charge < -0.3 is 15.1 Å². The van der Waals surface area contributed by atoms with E-state index in [9.17, 15) is 14.3 Å². The van der Waals surface area contributed by atoms with Crippen molar-refractivity contribution >= 4 is 11.7 Å². The quantitative estimate of drug-likeness (QED) is 0.816. The third kappa shape index (κ3) is 2.93. The first-order valence-corrected chi connectivity index (χ1v) is 4.78. The SMILES string of the molecule is CN(C)c1ccc([C@@H](O)CC(=O)O)cc1F. The Bertz CT molecular complexity index is 393.